The van der Waals surface area contributed by atoms with Crippen LogP contribution in [0.2, 0.25) is 0 Å². The van der Waals surface area contributed by atoms with Crippen LogP contribution in [-0.4, -0.2) is 48.1 Å². The zero-order valence-electron chi connectivity index (χ0n) is 10.0. The van der Waals surface area contributed by atoms with Crippen LogP contribution in [0.3, 0.4) is 0 Å². The highest BCUT2D eigenvalue weighted by molar-refractivity contribution is 7.98. The van der Waals surface area contributed by atoms with E-state index < -0.39 is 0 Å². The number of thioether (sulfide) groups is 1. The standard InChI is InChI=1S/C12H24N2S/c1-10(9-15-2)14-7-3-4-12(8-14)13-11-5-6-11/h10-13H,3-9H2,1-2H3. The van der Waals surface area contributed by atoms with Crippen LogP contribution < -0.4 is 5.32 Å². The van der Waals surface area contributed by atoms with Gasteiger partial charge in [-0.1, -0.05) is 0 Å². The van der Waals surface area contributed by atoms with Crippen molar-refractivity contribution < 1.29 is 0 Å². The SMILES string of the molecule is CSCC(C)N1CCCC(NC2CC2)C1. The zero-order chi connectivity index (χ0) is 10.7. The van der Waals surface area contributed by atoms with Gasteiger partial charge < -0.3 is 5.32 Å². The van der Waals surface area contributed by atoms with Crippen LogP contribution >= 0.6 is 11.8 Å². The second-order valence-electron chi connectivity index (χ2n) is 5.08. The molecular formula is C12H24N2S. The van der Waals surface area contributed by atoms with Crippen LogP contribution in [0.25, 0.3) is 0 Å². The lowest BCUT2D eigenvalue weighted by molar-refractivity contribution is 0.156. The Morgan fingerprint density at radius 3 is 2.80 bits per heavy atom. The number of nitrogens with one attached hydrogen (secondary N) is 1. The minimum absolute atomic E-state index is 0.754. The molecule has 0 aromatic heterocycles. The molecule has 0 radical (unpaired) electrons. The summed E-state index contributed by atoms with van der Waals surface area (Å²) in [6, 6.07) is 2.39. The van der Waals surface area contributed by atoms with Crippen molar-refractivity contribution in [3.05, 3.63) is 0 Å². The van der Waals surface area contributed by atoms with Gasteiger partial charge in [-0.3, -0.25) is 4.90 Å². The molecule has 2 unspecified atom stereocenters. The van der Waals surface area contributed by atoms with Crippen LogP contribution in [0.4, 0.5) is 0 Å². The first-order valence-electron chi connectivity index (χ1n) is 6.28. The summed E-state index contributed by atoms with van der Waals surface area (Å²) in [6.45, 7) is 4.96. The maximum absolute atomic E-state index is 3.77. The highest BCUT2D eigenvalue weighted by Gasteiger charge is 2.28. The lowest BCUT2D eigenvalue weighted by Crippen LogP contribution is -2.50. The number of nitrogens with zero attached hydrogens (tertiary/aromatic N) is 1. The molecule has 2 rings (SSSR count). The Bertz CT molecular complexity index is 194. The largest absolute Gasteiger partial charge is 0.310 e. The third-order valence-electron chi connectivity index (χ3n) is 3.53. The summed E-state index contributed by atoms with van der Waals surface area (Å²) in [5.41, 5.74) is 0. The summed E-state index contributed by atoms with van der Waals surface area (Å²) in [5.74, 6) is 1.27. The molecule has 3 heteroatoms. The second kappa shape index (κ2) is 5.55. The molecule has 1 saturated heterocycles. The summed E-state index contributed by atoms with van der Waals surface area (Å²) in [4.78, 5) is 2.67. The van der Waals surface area contributed by atoms with Crippen molar-refractivity contribution in [2.45, 2.75) is 50.7 Å². The summed E-state index contributed by atoms with van der Waals surface area (Å²) in [7, 11) is 0. The molecule has 0 bridgehead atoms. The molecule has 0 aromatic carbocycles. The molecule has 2 atom stereocenters. The quantitative estimate of drug-likeness (QED) is 0.774. The van der Waals surface area contributed by atoms with Crippen LogP contribution in [0.5, 0.6) is 0 Å². The van der Waals surface area contributed by atoms with Crippen LogP contribution in [0, 0.1) is 0 Å². The molecule has 2 aliphatic rings. The first-order valence-corrected chi connectivity index (χ1v) is 7.68. The predicted molar refractivity (Wildman–Crippen MR) is 68.6 cm³/mol. The van der Waals surface area contributed by atoms with Crippen molar-refractivity contribution in [1.29, 1.82) is 0 Å². The van der Waals surface area contributed by atoms with Crippen molar-refractivity contribution in [1.82, 2.24) is 10.2 Å². The van der Waals surface area contributed by atoms with E-state index in [9.17, 15) is 0 Å². The summed E-state index contributed by atoms with van der Waals surface area (Å²) < 4.78 is 0. The smallest absolute Gasteiger partial charge is 0.0198 e. The Morgan fingerprint density at radius 1 is 1.33 bits per heavy atom. The molecule has 2 nitrogen and oxygen atoms in total. The van der Waals surface area contributed by atoms with E-state index in [1.165, 1.54) is 44.5 Å². The van der Waals surface area contributed by atoms with E-state index in [1.54, 1.807) is 0 Å². The van der Waals surface area contributed by atoms with Crippen molar-refractivity contribution in [3.8, 4) is 0 Å². The molecule has 2 fully saturated rings. The molecule has 1 heterocycles. The van der Waals surface area contributed by atoms with E-state index in [-0.39, 0.29) is 0 Å². The van der Waals surface area contributed by atoms with Gasteiger partial charge in [0.15, 0.2) is 0 Å². The predicted octanol–water partition coefficient (Wildman–Crippen LogP) is 1.95. The van der Waals surface area contributed by atoms with E-state index in [0.717, 1.165) is 18.1 Å². The van der Waals surface area contributed by atoms with Crippen LogP contribution in [-0.2, 0) is 0 Å². The molecule has 1 aliphatic carbocycles. The third kappa shape index (κ3) is 3.65. The Hall–Kier alpha value is 0.270. The van der Waals surface area contributed by atoms with Gasteiger partial charge in [0.25, 0.3) is 0 Å². The zero-order valence-corrected chi connectivity index (χ0v) is 10.9. The van der Waals surface area contributed by atoms with E-state index in [0.29, 0.717) is 0 Å². The van der Waals surface area contributed by atoms with Gasteiger partial charge in [-0.15, -0.1) is 0 Å². The van der Waals surface area contributed by atoms with Crippen molar-refractivity contribution in [2.75, 3.05) is 25.1 Å². The average Bonchev–Trinajstić information content (AvgIpc) is 3.03. The molecular weight excluding hydrogens is 204 g/mol. The Kier molecular flexibility index (Phi) is 4.35. The molecule has 1 saturated carbocycles. The molecule has 0 aromatic rings. The first-order chi connectivity index (χ1) is 7.29. The van der Waals surface area contributed by atoms with Crippen LogP contribution in [0.15, 0.2) is 0 Å². The fraction of sp³-hybridized carbons (Fsp3) is 1.00. The highest BCUT2D eigenvalue weighted by atomic mass is 32.2. The summed E-state index contributed by atoms with van der Waals surface area (Å²) in [6.07, 6.45) is 7.80. The van der Waals surface area contributed by atoms with Gasteiger partial charge in [0.1, 0.15) is 0 Å². The monoisotopic (exact) mass is 228 g/mol. The fourth-order valence-electron chi connectivity index (χ4n) is 2.47. The second-order valence-corrected chi connectivity index (χ2v) is 5.99. The molecule has 1 aliphatic heterocycles. The van der Waals surface area contributed by atoms with Gasteiger partial charge in [-0.05, 0) is 45.4 Å². The molecule has 0 amide bonds. The number of likely N-dealkylation sites (tertiary alicyclic amines) is 1. The van der Waals surface area contributed by atoms with Crippen molar-refractivity contribution in [2.24, 2.45) is 0 Å². The highest BCUT2D eigenvalue weighted by Crippen LogP contribution is 2.22. The van der Waals surface area contributed by atoms with Gasteiger partial charge in [0.05, 0.1) is 0 Å². The Morgan fingerprint density at radius 2 is 2.13 bits per heavy atom. The number of rotatable bonds is 5. The lowest BCUT2D eigenvalue weighted by atomic mass is 10.0. The lowest BCUT2D eigenvalue weighted by Gasteiger charge is -2.37. The van der Waals surface area contributed by atoms with Gasteiger partial charge >= 0.3 is 0 Å². The normalized spacial score (nSPS) is 30.4. The van der Waals surface area contributed by atoms with E-state index in [2.05, 4.69) is 23.4 Å². The third-order valence-corrected chi connectivity index (χ3v) is 4.35. The van der Waals surface area contributed by atoms with Crippen molar-refractivity contribution in [3.63, 3.8) is 0 Å². The number of piperidine rings is 1. The minimum atomic E-state index is 0.754. The van der Waals surface area contributed by atoms with Gasteiger partial charge in [0, 0.05) is 30.4 Å². The summed E-state index contributed by atoms with van der Waals surface area (Å²) >= 11 is 1.97. The van der Waals surface area contributed by atoms with Crippen molar-refractivity contribution >= 4 is 11.8 Å². The van der Waals surface area contributed by atoms with E-state index >= 15 is 0 Å². The molecule has 15 heavy (non-hydrogen) atoms. The average molecular weight is 228 g/mol. The molecule has 0 spiro atoms. The van der Waals surface area contributed by atoms with E-state index in [4.69, 9.17) is 0 Å². The molecule has 88 valence electrons. The Labute approximate surface area is 98.2 Å². The maximum Gasteiger partial charge on any atom is 0.0198 e. The van der Waals surface area contributed by atoms with Gasteiger partial charge in [-0.2, -0.15) is 11.8 Å². The van der Waals surface area contributed by atoms with E-state index in [1.807, 2.05) is 11.8 Å². The number of hydrogen-bond acceptors (Lipinski definition) is 3. The minimum Gasteiger partial charge on any atom is -0.310 e. The fourth-order valence-corrected chi connectivity index (χ4v) is 3.17. The van der Waals surface area contributed by atoms with Gasteiger partial charge in [0.2, 0.25) is 0 Å². The maximum atomic E-state index is 3.77. The first kappa shape index (κ1) is 11.7. The summed E-state index contributed by atoms with van der Waals surface area (Å²) in [5, 5.41) is 3.77. The van der Waals surface area contributed by atoms with Crippen LogP contribution in [0.1, 0.15) is 32.6 Å². The molecule has 1 N–H and O–H groups in total. The number of hydrogen-bond donors (Lipinski definition) is 1. The Balaban J connectivity index is 1.74. The topological polar surface area (TPSA) is 15.3 Å². The van der Waals surface area contributed by atoms with Gasteiger partial charge in [-0.25, -0.2) is 0 Å².